The Morgan fingerprint density at radius 3 is 2.76 bits per heavy atom. The lowest BCUT2D eigenvalue weighted by molar-refractivity contribution is 0.497. The first-order valence-corrected chi connectivity index (χ1v) is 7.64. The van der Waals surface area contributed by atoms with Crippen molar-refractivity contribution in [2.24, 2.45) is 0 Å². The number of nitrogens with zero attached hydrogens (tertiary/aromatic N) is 1. The first kappa shape index (κ1) is 16.2. The smallest absolute Gasteiger partial charge is 0.146 e. The van der Waals surface area contributed by atoms with Crippen molar-refractivity contribution >= 4 is 23.2 Å². The van der Waals surface area contributed by atoms with E-state index in [0.29, 0.717) is 17.0 Å². The van der Waals surface area contributed by atoms with Crippen molar-refractivity contribution in [3.8, 4) is 0 Å². The number of hydrogen-bond acceptors (Lipinski definition) is 2. The van der Waals surface area contributed by atoms with E-state index < -0.39 is 0 Å². The summed E-state index contributed by atoms with van der Waals surface area (Å²) < 4.78 is 14.3. The third-order valence-corrected chi connectivity index (χ3v) is 3.91. The number of halogens is 3. The van der Waals surface area contributed by atoms with Gasteiger partial charge in [0.2, 0.25) is 0 Å². The minimum Gasteiger partial charge on any atom is -0.310 e. The minimum absolute atomic E-state index is 0.136. The molecule has 2 aromatic rings. The molecule has 0 spiro atoms. The maximum absolute atomic E-state index is 14.3. The Morgan fingerprint density at radius 2 is 2.05 bits per heavy atom. The van der Waals surface area contributed by atoms with E-state index in [1.165, 1.54) is 0 Å². The Morgan fingerprint density at radius 1 is 1.24 bits per heavy atom. The predicted molar refractivity (Wildman–Crippen MR) is 85.4 cm³/mol. The van der Waals surface area contributed by atoms with Gasteiger partial charge < -0.3 is 5.32 Å². The molecular weight excluding hydrogens is 310 g/mol. The van der Waals surface area contributed by atoms with E-state index in [1.807, 2.05) is 6.07 Å². The lowest BCUT2D eigenvalue weighted by Gasteiger charge is -2.20. The van der Waals surface area contributed by atoms with Crippen LogP contribution in [0.2, 0.25) is 10.0 Å². The second kappa shape index (κ2) is 7.74. The molecule has 0 fully saturated rings. The highest BCUT2D eigenvalue weighted by Gasteiger charge is 2.18. The highest BCUT2D eigenvalue weighted by Crippen LogP contribution is 2.27. The van der Waals surface area contributed by atoms with E-state index in [2.05, 4.69) is 17.2 Å². The molecule has 1 unspecified atom stereocenters. The maximum Gasteiger partial charge on any atom is 0.146 e. The van der Waals surface area contributed by atoms with E-state index >= 15 is 0 Å². The van der Waals surface area contributed by atoms with Crippen LogP contribution in [0.3, 0.4) is 0 Å². The van der Waals surface area contributed by atoms with Crippen LogP contribution in [0.25, 0.3) is 0 Å². The molecule has 0 saturated carbocycles. The van der Waals surface area contributed by atoms with Crippen molar-refractivity contribution in [2.75, 3.05) is 6.54 Å². The summed E-state index contributed by atoms with van der Waals surface area (Å²) in [7, 11) is 0. The van der Waals surface area contributed by atoms with Crippen LogP contribution in [0.1, 0.15) is 30.5 Å². The Kier molecular flexibility index (Phi) is 5.97. The van der Waals surface area contributed by atoms with E-state index in [9.17, 15) is 4.39 Å². The van der Waals surface area contributed by atoms with Crippen molar-refractivity contribution in [2.45, 2.75) is 25.8 Å². The van der Waals surface area contributed by atoms with Gasteiger partial charge in [0.25, 0.3) is 0 Å². The van der Waals surface area contributed by atoms with Crippen LogP contribution in [0, 0.1) is 5.82 Å². The first-order valence-electron chi connectivity index (χ1n) is 6.89. The van der Waals surface area contributed by atoms with Gasteiger partial charge in [0, 0.05) is 24.0 Å². The van der Waals surface area contributed by atoms with Gasteiger partial charge in [-0.15, -0.1) is 0 Å². The topological polar surface area (TPSA) is 24.9 Å². The standard InChI is InChI=1S/C16H17Cl2FN2/c1-2-7-21-15(9-11-6-8-20-10-14(11)18)12-4-3-5-13(17)16(12)19/h3-6,8,10,15,21H,2,7,9H2,1H3. The van der Waals surface area contributed by atoms with Gasteiger partial charge in [0.15, 0.2) is 0 Å². The van der Waals surface area contributed by atoms with Crippen LogP contribution >= 0.6 is 23.2 Å². The van der Waals surface area contributed by atoms with Gasteiger partial charge >= 0.3 is 0 Å². The van der Waals surface area contributed by atoms with Crippen molar-refractivity contribution in [3.05, 3.63) is 63.6 Å². The number of nitrogens with one attached hydrogen (secondary N) is 1. The summed E-state index contributed by atoms with van der Waals surface area (Å²) in [4.78, 5) is 3.97. The van der Waals surface area contributed by atoms with Crippen LogP contribution in [0.5, 0.6) is 0 Å². The van der Waals surface area contributed by atoms with Gasteiger partial charge in [-0.25, -0.2) is 4.39 Å². The maximum atomic E-state index is 14.3. The largest absolute Gasteiger partial charge is 0.310 e. The third kappa shape index (κ3) is 4.16. The van der Waals surface area contributed by atoms with Gasteiger partial charge in [-0.1, -0.05) is 42.3 Å². The normalized spacial score (nSPS) is 12.4. The summed E-state index contributed by atoms with van der Waals surface area (Å²) >= 11 is 12.0. The number of pyridine rings is 1. The van der Waals surface area contributed by atoms with Crippen molar-refractivity contribution in [3.63, 3.8) is 0 Å². The molecule has 0 aliphatic rings. The Hall–Kier alpha value is -1.16. The van der Waals surface area contributed by atoms with Crippen LogP contribution in [-0.4, -0.2) is 11.5 Å². The zero-order valence-electron chi connectivity index (χ0n) is 11.7. The molecule has 0 bridgehead atoms. The second-order valence-corrected chi connectivity index (χ2v) is 5.64. The fourth-order valence-electron chi connectivity index (χ4n) is 2.19. The monoisotopic (exact) mass is 326 g/mol. The average molecular weight is 327 g/mol. The fraction of sp³-hybridized carbons (Fsp3) is 0.312. The van der Waals surface area contributed by atoms with Gasteiger partial charge in [-0.2, -0.15) is 0 Å². The lowest BCUT2D eigenvalue weighted by atomic mass is 9.98. The molecule has 2 nitrogen and oxygen atoms in total. The van der Waals surface area contributed by atoms with Crippen LogP contribution < -0.4 is 5.32 Å². The highest BCUT2D eigenvalue weighted by atomic mass is 35.5. The van der Waals surface area contributed by atoms with Crippen molar-refractivity contribution < 1.29 is 4.39 Å². The molecule has 21 heavy (non-hydrogen) atoms. The van der Waals surface area contributed by atoms with E-state index in [1.54, 1.807) is 30.6 Å². The summed E-state index contributed by atoms with van der Waals surface area (Å²) in [5, 5.41) is 4.07. The van der Waals surface area contributed by atoms with E-state index in [0.717, 1.165) is 18.5 Å². The molecule has 112 valence electrons. The average Bonchev–Trinajstić information content (AvgIpc) is 2.48. The second-order valence-electron chi connectivity index (χ2n) is 4.82. The van der Waals surface area contributed by atoms with Gasteiger partial charge in [0.1, 0.15) is 5.82 Å². The van der Waals surface area contributed by atoms with Gasteiger partial charge in [0.05, 0.1) is 10.0 Å². The molecule has 0 aliphatic carbocycles. The molecule has 0 aliphatic heterocycles. The van der Waals surface area contributed by atoms with Crippen molar-refractivity contribution in [1.29, 1.82) is 0 Å². The number of aromatic nitrogens is 1. The Labute approximate surface area is 134 Å². The van der Waals surface area contributed by atoms with Crippen LogP contribution in [-0.2, 0) is 6.42 Å². The quantitative estimate of drug-likeness (QED) is 0.823. The van der Waals surface area contributed by atoms with Gasteiger partial charge in [-0.05, 0) is 37.1 Å². The number of rotatable bonds is 6. The molecule has 5 heteroatoms. The summed E-state index contributed by atoms with van der Waals surface area (Å²) in [6.45, 7) is 2.86. The molecular formula is C16H17Cl2FN2. The summed E-state index contributed by atoms with van der Waals surface area (Å²) in [6.07, 6.45) is 4.83. The van der Waals surface area contributed by atoms with E-state index in [-0.39, 0.29) is 16.9 Å². The minimum atomic E-state index is -0.377. The molecule has 2 rings (SSSR count). The summed E-state index contributed by atoms with van der Waals surface area (Å²) in [6, 6.07) is 6.74. The molecule has 1 atom stereocenters. The number of benzene rings is 1. The lowest BCUT2D eigenvalue weighted by Crippen LogP contribution is -2.25. The first-order chi connectivity index (χ1) is 10.1. The Balaban J connectivity index is 2.30. The molecule has 1 heterocycles. The molecule has 1 N–H and O–H groups in total. The van der Waals surface area contributed by atoms with Crippen molar-refractivity contribution in [1.82, 2.24) is 10.3 Å². The fourth-order valence-corrected chi connectivity index (χ4v) is 2.57. The highest BCUT2D eigenvalue weighted by molar-refractivity contribution is 6.31. The molecule has 0 amide bonds. The van der Waals surface area contributed by atoms with E-state index in [4.69, 9.17) is 23.2 Å². The summed E-state index contributed by atoms with van der Waals surface area (Å²) in [5.41, 5.74) is 1.49. The van der Waals surface area contributed by atoms with Crippen LogP contribution in [0.4, 0.5) is 4.39 Å². The zero-order valence-corrected chi connectivity index (χ0v) is 13.3. The van der Waals surface area contributed by atoms with Gasteiger partial charge in [-0.3, -0.25) is 4.98 Å². The third-order valence-electron chi connectivity index (χ3n) is 3.28. The molecule has 0 radical (unpaired) electrons. The number of hydrogen-bond donors (Lipinski definition) is 1. The molecule has 0 saturated heterocycles. The van der Waals surface area contributed by atoms with Crippen LogP contribution in [0.15, 0.2) is 36.7 Å². The SMILES string of the molecule is CCCNC(Cc1ccncc1Cl)c1cccc(Cl)c1F. The Bertz CT molecular complexity index is 605. The molecule has 1 aromatic carbocycles. The zero-order chi connectivity index (χ0) is 15.2. The molecule has 1 aromatic heterocycles. The predicted octanol–water partition coefficient (Wildman–Crippen LogP) is 4.81. The summed E-state index contributed by atoms with van der Waals surface area (Å²) in [5.74, 6) is -0.377.